The molecule has 0 radical (unpaired) electrons. The highest BCUT2D eigenvalue weighted by molar-refractivity contribution is 5.69. The number of nitrogens with zero attached hydrogens (tertiary/aromatic N) is 2. The van der Waals surface area contributed by atoms with E-state index in [0.29, 0.717) is 6.42 Å². The van der Waals surface area contributed by atoms with E-state index in [1.807, 2.05) is 67.1 Å². The molecule has 4 rings (SSSR count). The minimum atomic E-state index is -0.815. The fourth-order valence-corrected chi connectivity index (χ4v) is 4.04. The first-order valence-corrected chi connectivity index (χ1v) is 10.0. The molecule has 0 saturated heterocycles. The Morgan fingerprint density at radius 3 is 1.70 bits per heavy atom. The van der Waals surface area contributed by atoms with Crippen molar-refractivity contribution in [3.63, 3.8) is 0 Å². The van der Waals surface area contributed by atoms with Crippen LogP contribution in [0.25, 0.3) is 0 Å². The highest BCUT2D eigenvalue weighted by Crippen LogP contribution is 2.40. The van der Waals surface area contributed by atoms with Gasteiger partial charge in [-0.25, -0.2) is 4.98 Å². The number of rotatable bonds is 7. The molecule has 0 fully saturated rings. The van der Waals surface area contributed by atoms with Gasteiger partial charge in [-0.05, 0) is 16.7 Å². The minimum Gasteiger partial charge on any atom is -0.481 e. The standard InChI is InChI=1S/C26H24N2O2/c1-20(25(29)30)17-24-18-28(19-27-24)26(21-11-5-2-6-12-21,22-13-7-3-8-14-22)23-15-9-4-10-16-23/h2-16,18-20H,17H2,1H3,(H,29,30)/t20-/m1/s1. The molecule has 150 valence electrons. The normalized spacial score (nSPS) is 12.4. The third-order valence-electron chi connectivity index (χ3n) is 5.53. The number of hydrogen-bond acceptors (Lipinski definition) is 2. The molecule has 0 spiro atoms. The number of carboxylic acids is 1. The molecule has 4 nitrogen and oxygen atoms in total. The van der Waals surface area contributed by atoms with E-state index >= 15 is 0 Å². The molecule has 0 aliphatic rings. The second-order valence-corrected chi connectivity index (χ2v) is 7.52. The Morgan fingerprint density at radius 1 is 0.867 bits per heavy atom. The van der Waals surface area contributed by atoms with Gasteiger partial charge in [0.25, 0.3) is 0 Å². The maximum Gasteiger partial charge on any atom is 0.306 e. The van der Waals surface area contributed by atoms with Gasteiger partial charge >= 0.3 is 5.97 Å². The summed E-state index contributed by atoms with van der Waals surface area (Å²) in [6.45, 7) is 1.71. The van der Waals surface area contributed by atoms with Crippen LogP contribution in [0.4, 0.5) is 0 Å². The minimum absolute atomic E-state index is 0.386. The summed E-state index contributed by atoms with van der Waals surface area (Å²) in [5, 5.41) is 9.31. The number of hydrogen-bond donors (Lipinski definition) is 1. The quantitative estimate of drug-likeness (QED) is 0.448. The van der Waals surface area contributed by atoms with E-state index in [9.17, 15) is 9.90 Å². The van der Waals surface area contributed by atoms with Gasteiger partial charge in [0.15, 0.2) is 0 Å². The van der Waals surface area contributed by atoms with Crippen LogP contribution in [-0.2, 0) is 16.8 Å². The monoisotopic (exact) mass is 396 g/mol. The van der Waals surface area contributed by atoms with Crippen molar-refractivity contribution in [1.82, 2.24) is 9.55 Å². The first-order chi connectivity index (χ1) is 14.6. The van der Waals surface area contributed by atoms with Crippen molar-refractivity contribution in [2.75, 3.05) is 0 Å². The van der Waals surface area contributed by atoms with Crippen LogP contribution in [-0.4, -0.2) is 20.6 Å². The molecule has 0 bridgehead atoms. The Hall–Kier alpha value is -3.66. The molecule has 1 heterocycles. The van der Waals surface area contributed by atoms with Crippen LogP contribution in [0, 0.1) is 5.92 Å². The predicted octanol–water partition coefficient (Wildman–Crippen LogP) is 4.99. The number of imidazole rings is 1. The van der Waals surface area contributed by atoms with Gasteiger partial charge in [-0.3, -0.25) is 4.79 Å². The smallest absolute Gasteiger partial charge is 0.306 e. The summed E-state index contributed by atoms with van der Waals surface area (Å²) in [7, 11) is 0. The van der Waals surface area contributed by atoms with Crippen molar-refractivity contribution in [3.8, 4) is 0 Å². The summed E-state index contributed by atoms with van der Waals surface area (Å²) in [6.07, 6.45) is 4.18. The van der Waals surface area contributed by atoms with Crippen molar-refractivity contribution >= 4 is 5.97 Å². The van der Waals surface area contributed by atoms with Crippen molar-refractivity contribution in [2.24, 2.45) is 5.92 Å². The van der Waals surface area contributed by atoms with E-state index < -0.39 is 17.4 Å². The molecule has 0 amide bonds. The number of carbonyl (C=O) groups is 1. The number of carboxylic acid groups (broad SMARTS) is 1. The van der Waals surface area contributed by atoms with Crippen LogP contribution in [0.2, 0.25) is 0 Å². The molecule has 0 unspecified atom stereocenters. The van der Waals surface area contributed by atoms with Gasteiger partial charge in [-0.15, -0.1) is 0 Å². The lowest BCUT2D eigenvalue weighted by atomic mass is 9.77. The average Bonchev–Trinajstić information content (AvgIpc) is 3.25. The Labute approximate surface area is 176 Å². The molecule has 4 heteroatoms. The lowest BCUT2D eigenvalue weighted by Crippen LogP contribution is -2.37. The van der Waals surface area contributed by atoms with Crippen LogP contribution in [0.15, 0.2) is 104 Å². The van der Waals surface area contributed by atoms with Gasteiger partial charge in [0, 0.05) is 12.6 Å². The summed E-state index contributed by atoms with van der Waals surface area (Å²) >= 11 is 0. The molecule has 0 saturated carbocycles. The molecule has 1 aromatic heterocycles. The SMILES string of the molecule is C[C@H](Cc1cn(C(c2ccccc2)(c2ccccc2)c2ccccc2)cn1)C(=O)O. The van der Waals surface area contributed by atoms with Crippen LogP contribution >= 0.6 is 0 Å². The number of aliphatic carboxylic acids is 1. The van der Waals surface area contributed by atoms with Crippen molar-refractivity contribution in [1.29, 1.82) is 0 Å². The van der Waals surface area contributed by atoms with Gasteiger partial charge < -0.3 is 9.67 Å². The van der Waals surface area contributed by atoms with E-state index in [1.54, 1.807) is 6.92 Å². The third-order valence-corrected chi connectivity index (χ3v) is 5.53. The maximum absolute atomic E-state index is 11.3. The Kier molecular flexibility index (Phi) is 5.48. The van der Waals surface area contributed by atoms with Crippen LogP contribution in [0.1, 0.15) is 29.3 Å². The first-order valence-electron chi connectivity index (χ1n) is 10.0. The van der Waals surface area contributed by atoms with Gasteiger partial charge in [-0.1, -0.05) is 97.9 Å². The summed E-state index contributed by atoms with van der Waals surface area (Å²) < 4.78 is 2.11. The van der Waals surface area contributed by atoms with Crippen molar-refractivity contribution in [2.45, 2.75) is 18.9 Å². The van der Waals surface area contributed by atoms with E-state index in [0.717, 1.165) is 22.4 Å². The second-order valence-electron chi connectivity index (χ2n) is 7.52. The fraction of sp³-hybridized carbons (Fsp3) is 0.154. The largest absolute Gasteiger partial charge is 0.481 e. The first kappa shape index (κ1) is 19.6. The number of benzene rings is 3. The number of aromatic nitrogens is 2. The summed E-state index contributed by atoms with van der Waals surface area (Å²) in [6, 6.07) is 31.0. The van der Waals surface area contributed by atoms with Crippen LogP contribution in [0.5, 0.6) is 0 Å². The lowest BCUT2D eigenvalue weighted by Gasteiger charge is -2.37. The highest BCUT2D eigenvalue weighted by Gasteiger charge is 2.38. The summed E-state index contributed by atoms with van der Waals surface area (Å²) in [5.41, 5.74) is 3.46. The zero-order valence-electron chi connectivity index (χ0n) is 16.8. The molecular formula is C26H24N2O2. The van der Waals surface area contributed by atoms with Crippen LogP contribution < -0.4 is 0 Å². The van der Waals surface area contributed by atoms with Gasteiger partial charge in [0.1, 0.15) is 5.54 Å². The van der Waals surface area contributed by atoms with Gasteiger partial charge in [0.05, 0.1) is 17.9 Å². The Bertz CT molecular complexity index is 1010. The second kappa shape index (κ2) is 8.37. The van der Waals surface area contributed by atoms with Gasteiger partial charge in [0.2, 0.25) is 0 Å². The molecule has 1 atom stereocenters. The molecular weight excluding hydrogens is 372 g/mol. The fourth-order valence-electron chi connectivity index (χ4n) is 4.04. The maximum atomic E-state index is 11.3. The average molecular weight is 396 g/mol. The summed E-state index contributed by atoms with van der Waals surface area (Å²) in [5.74, 6) is -1.31. The molecule has 30 heavy (non-hydrogen) atoms. The Balaban J connectivity index is 1.97. The molecule has 0 aliphatic heterocycles. The molecule has 1 N–H and O–H groups in total. The lowest BCUT2D eigenvalue weighted by molar-refractivity contribution is -0.141. The van der Waals surface area contributed by atoms with Gasteiger partial charge in [-0.2, -0.15) is 0 Å². The molecule has 0 aliphatic carbocycles. The topological polar surface area (TPSA) is 55.1 Å². The third kappa shape index (κ3) is 3.52. The van der Waals surface area contributed by atoms with Crippen molar-refractivity contribution in [3.05, 3.63) is 126 Å². The summed E-state index contributed by atoms with van der Waals surface area (Å²) in [4.78, 5) is 15.9. The van der Waals surface area contributed by atoms with E-state index in [2.05, 4.69) is 45.9 Å². The zero-order chi connectivity index (χ0) is 21.0. The van der Waals surface area contributed by atoms with Crippen LogP contribution in [0.3, 0.4) is 0 Å². The van der Waals surface area contributed by atoms with E-state index in [4.69, 9.17) is 0 Å². The van der Waals surface area contributed by atoms with E-state index in [1.165, 1.54) is 0 Å². The molecule has 4 aromatic rings. The molecule has 3 aromatic carbocycles. The zero-order valence-corrected chi connectivity index (χ0v) is 16.8. The van der Waals surface area contributed by atoms with E-state index in [-0.39, 0.29) is 0 Å². The van der Waals surface area contributed by atoms with Crippen molar-refractivity contribution < 1.29 is 9.90 Å². The Morgan fingerprint density at radius 2 is 1.30 bits per heavy atom. The highest BCUT2D eigenvalue weighted by atomic mass is 16.4. The predicted molar refractivity (Wildman–Crippen MR) is 117 cm³/mol.